The number of rotatable bonds is 5. The molecule has 0 aliphatic carbocycles. The van der Waals surface area contributed by atoms with Crippen molar-refractivity contribution in [1.29, 1.82) is 0 Å². The largest absolute Gasteiger partial charge is 0.481 e. The highest BCUT2D eigenvalue weighted by atomic mass is 32.2. The van der Waals surface area contributed by atoms with Crippen molar-refractivity contribution in [3.63, 3.8) is 0 Å². The second-order valence-corrected chi connectivity index (χ2v) is 6.28. The highest BCUT2D eigenvalue weighted by Gasteiger charge is 2.28. The van der Waals surface area contributed by atoms with Crippen LogP contribution in [0.1, 0.15) is 18.4 Å². The molecule has 1 unspecified atom stereocenters. The molecule has 0 aromatic heterocycles. The Hall–Kier alpha value is -1.63. The van der Waals surface area contributed by atoms with Gasteiger partial charge in [0.1, 0.15) is 0 Å². The van der Waals surface area contributed by atoms with Crippen LogP contribution in [-0.4, -0.2) is 46.0 Å². The smallest absolute Gasteiger partial charge is 0.305 e. The summed E-state index contributed by atoms with van der Waals surface area (Å²) in [4.78, 5) is 24.7. The Kier molecular flexibility index (Phi) is 5.76. The summed E-state index contributed by atoms with van der Waals surface area (Å²) in [5.74, 6) is -1.66. The van der Waals surface area contributed by atoms with Crippen LogP contribution in [0.25, 0.3) is 0 Å². The Morgan fingerprint density at radius 3 is 2.86 bits per heavy atom. The maximum absolute atomic E-state index is 13.6. The normalized spacial score (nSPS) is 18.3. The first-order valence-electron chi connectivity index (χ1n) is 7.01. The monoisotopic (exact) mass is 329 g/mol. The predicted octanol–water partition coefficient (Wildman–Crippen LogP) is 2.32. The van der Waals surface area contributed by atoms with Crippen LogP contribution in [-0.2, 0) is 16.0 Å². The molecule has 4 nitrogen and oxygen atoms in total. The Bertz CT molecular complexity index is 568. The van der Waals surface area contributed by atoms with E-state index >= 15 is 0 Å². The molecule has 0 saturated carbocycles. The van der Waals surface area contributed by atoms with Crippen molar-refractivity contribution in [1.82, 2.24) is 4.90 Å². The third-order valence-electron chi connectivity index (χ3n) is 3.60. The van der Waals surface area contributed by atoms with Gasteiger partial charge in [-0.2, -0.15) is 11.8 Å². The standard InChI is InChI=1S/C15H17F2NO3S/c16-12-3-1-2-10(15(12)17)4-5-13(19)18-6-7-22-9-11(18)8-14(20)21/h1-3,11H,4-9H2,(H,20,21). The van der Waals surface area contributed by atoms with Gasteiger partial charge in [0, 0.05) is 24.5 Å². The summed E-state index contributed by atoms with van der Waals surface area (Å²) in [6, 6.07) is 3.56. The van der Waals surface area contributed by atoms with E-state index in [-0.39, 0.29) is 36.8 Å². The number of carbonyl (C=O) groups excluding carboxylic acids is 1. The number of benzene rings is 1. The van der Waals surface area contributed by atoms with Crippen molar-refractivity contribution in [3.8, 4) is 0 Å². The molecule has 1 heterocycles. The first-order valence-corrected chi connectivity index (χ1v) is 8.16. The number of carboxylic acids is 1. The Morgan fingerprint density at radius 1 is 1.36 bits per heavy atom. The SMILES string of the molecule is O=C(O)CC1CSCCN1C(=O)CCc1cccc(F)c1F. The van der Waals surface area contributed by atoms with Crippen molar-refractivity contribution in [3.05, 3.63) is 35.4 Å². The molecule has 1 amide bonds. The van der Waals surface area contributed by atoms with Crippen molar-refractivity contribution in [2.24, 2.45) is 0 Å². The summed E-state index contributed by atoms with van der Waals surface area (Å²) in [5, 5.41) is 8.90. The lowest BCUT2D eigenvalue weighted by atomic mass is 10.1. The quantitative estimate of drug-likeness (QED) is 0.901. The molecule has 0 bridgehead atoms. The molecule has 1 aromatic carbocycles. The van der Waals surface area contributed by atoms with Crippen LogP contribution in [0.5, 0.6) is 0 Å². The average molecular weight is 329 g/mol. The summed E-state index contributed by atoms with van der Waals surface area (Å²) in [5.41, 5.74) is 0.162. The number of aryl methyl sites for hydroxylation is 1. The lowest BCUT2D eigenvalue weighted by molar-refractivity contribution is -0.140. The van der Waals surface area contributed by atoms with E-state index in [1.807, 2.05) is 0 Å². The van der Waals surface area contributed by atoms with Crippen LogP contribution in [0, 0.1) is 11.6 Å². The number of thioether (sulfide) groups is 1. The van der Waals surface area contributed by atoms with E-state index in [9.17, 15) is 18.4 Å². The van der Waals surface area contributed by atoms with Gasteiger partial charge in [0.2, 0.25) is 5.91 Å². The van der Waals surface area contributed by atoms with Crippen LogP contribution >= 0.6 is 11.8 Å². The minimum atomic E-state index is -0.943. The van der Waals surface area contributed by atoms with E-state index < -0.39 is 17.6 Å². The van der Waals surface area contributed by atoms with E-state index in [1.54, 1.807) is 16.7 Å². The summed E-state index contributed by atoms with van der Waals surface area (Å²) >= 11 is 1.62. The van der Waals surface area contributed by atoms with Crippen molar-refractivity contribution >= 4 is 23.6 Å². The number of amides is 1. The van der Waals surface area contributed by atoms with Gasteiger partial charge in [-0.15, -0.1) is 0 Å². The van der Waals surface area contributed by atoms with Gasteiger partial charge in [0.25, 0.3) is 0 Å². The van der Waals surface area contributed by atoms with Crippen molar-refractivity contribution < 1.29 is 23.5 Å². The molecule has 2 rings (SSSR count). The molecule has 1 aliphatic rings. The molecule has 22 heavy (non-hydrogen) atoms. The minimum absolute atomic E-state index is 0.0428. The maximum Gasteiger partial charge on any atom is 0.305 e. The maximum atomic E-state index is 13.6. The molecule has 1 aliphatic heterocycles. The number of nitrogens with zero attached hydrogens (tertiary/aromatic N) is 1. The average Bonchev–Trinajstić information content (AvgIpc) is 2.48. The van der Waals surface area contributed by atoms with Crippen LogP contribution in [0.4, 0.5) is 8.78 Å². The predicted molar refractivity (Wildman–Crippen MR) is 79.8 cm³/mol. The Labute approximate surface area is 131 Å². The third-order valence-corrected chi connectivity index (χ3v) is 4.69. The van der Waals surface area contributed by atoms with E-state index in [1.165, 1.54) is 12.1 Å². The van der Waals surface area contributed by atoms with Gasteiger partial charge in [0.05, 0.1) is 12.5 Å². The van der Waals surface area contributed by atoms with Crippen molar-refractivity contribution in [2.75, 3.05) is 18.1 Å². The molecule has 1 atom stereocenters. The van der Waals surface area contributed by atoms with Gasteiger partial charge < -0.3 is 10.0 Å². The van der Waals surface area contributed by atoms with Gasteiger partial charge in [0.15, 0.2) is 11.6 Å². The Morgan fingerprint density at radius 2 is 2.14 bits per heavy atom. The third kappa shape index (κ3) is 4.19. The van der Waals surface area contributed by atoms with Crippen LogP contribution in [0.2, 0.25) is 0 Å². The molecule has 1 aromatic rings. The van der Waals surface area contributed by atoms with E-state index in [2.05, 4.69) is 0 Å². The van der Waals surface area contributed by atoms with Crippen LogP contribution in [0.15, 0.2) is 18.2 Å². The zero-order chi connectivity index (χ0) is 16.1. The van der Waals surface area contributed by atoms with Crippen LogP contribution < -0.4 is 0 Å². The summed E-state index contributed by atoms with van der Waals surface area (Å²) in [7, 11) is 0. The molecule has 0 radical (unpaired) electrons. The number of halogens is 2. The fourth-order valence-electron chi connectivity index (χ4n) is 2.48. The number of hydrogen-bond donors (Lipinski definition) is 1. The fourth-order valence-corrected chi connectivity index (χ4v) is 3.54. The summed E-state index contributed by atoms with van der Waals surface area (Å²) in [6.45, 7) is 0.493. The van der Waals surface area contributed by atoms with E-state index in [0.717, 1.165) is 11.8 Å². The zero-order valence-corrected chi connectivity index (χ0v) is 12.7. The Balaban J connectivity index is 1.98. The minimum Gasteiger partial charge on any atom is -0.481 e. The van der Waals surface area contributed by atoms with Gasteiger partial charge in [-0.25, -0.2) is 8.78 Å². The highest BCUT2D eigenvalue weighted by molar-refractivity contribution is 7.99. The zero-order valence-electron chi connectivity index (χ0n) is 11.9. The molecule has 7 heteroatoms. The topological polar surface area (TPSA) is 57.6 Å². The number of aliphatic carboxylic acids is 1. The lowest BCUT2D eigenvalue weighted by Gasteiger charge is -2.34. The van der Waals surface area contributed by atoms with Gasteiger partial charge in [-0.3, -0.25) is 9.59 Å². The molecule has 120 valence electrons. The molecule has 1 N–H and O–H groups in total. The molecular formula is C15H17F2NO3S. The first kappa shape index (κ1) is 16.7. The number of carbonyl (C=O) groups is 2. The highest BCUT2D eigenvalue weighted by Crippen LogP contribution is 2.21. The fraction of sp³-hybridized carbons (Fsp3) is 0.467. The lowest BCUT2D eigenvalue weighted by Crippen LogP contribution is -2.47. The van der Waals surface area contributed by atoms with Gasteiger partial charge in [-0.1, -0.05) is 12.1 Å². The van der Waals surface area contributed by atoms with Crippen LogP contribution in [0.3, 0.4) is 0 Å². The summed E-state index contributed by atoms with van der Waals surface area (Å²) in [6.07, 6.45) is 0.0556. The second kappa shape index (κ2) is 7.58. The van der Waals surface area contributed by atoms with Gasteiger partial charge >= 0.3 is 5.97 Å². The van der Waals surface area contributed by atoms with Crippen molar-refractivity contribution in [2.45, 2.75) is 25.3 Å². The first-order chi connectivity index (χ1) is 10.5. The number of hydrogen-bond acceptors (Lipinski definition) is 3. The van der Waals surface area contributed by atoms with Gasteiger partial charge in [-0.05, 0) is 18.1 Å². The molecule has 1 fully saturated rings. The van der Waals surface area contributed by atoms with E-state index in [4.69, 9.17) is 5.11 Å². The molecular weight excluding hydrogens is 312 g/mol. The molecule has 0 spiro atoms. The number of carboxylic acid groups (broad SMARTS) is 1. The second-order valence-electron chi connectivity index (χ2n) is 5.13. The molecule has 1 saturated heterocycles. The summed E-state index contributed by atoms with van der Waals surface area (Å²) < 4.78 is 26.7. The van der Waals surface area contributed by atoms with E-state index in [0.29, 0.717) is 12.3 Å².